The van der Waals surface area contributed by atoms with Gasteiger partial charge in [0.2, 0.25) is 0 Å². The number of benzene rings is 2. The van der Waals surface area contributed by atoms with Crippen LogP contribution in [-0.2, 0) is 9.53 Å². The number of fused-ring (bicyclic) bond motifs is 1. The van der Waals surface area contributed by atoms with Crippen LogP contribution in [0.1, 0.15) is 31.9 Å². The predicted molar refractivity (Wildman–Crippen MR) is 99.4 cm³/mol. The van der Waals surface area contributed by atoms with Crippen LogP contribution in [0.3, 0.4) is 0 Å². The highest BCUT2D eigenvalue weighted by atomic mass is 35.5. The van der Waals surface area contributed by atoms with Gasteiger partial charge in [-0.15, -0.1) is 0 Å². The Morgan fingerprint density at radius 2 is 1.89 bits per heavy atom. The number of hydrogen-bond acceptors (Lipinski definition) is 3. The zero-order valence-electron chi connectivity index (χ0n) is 14.8. The molecule has 7 heteroatoms. The minimum absolute atomic E-state index is 0.0389. The van der Waals surface area contributed by atoms with E-state index >= 15 is 0 Å². The molecule has 0 fully saturated rings. The topological polar surface area (TPSA) is 46.6 Å². The largest absolute Gasteiger partial charge is 0.443 e. The SMILES string of the molecule is CC(C)(C)OC(=O)N1C(=O)C(=Cc2cccc(F)c2F)c2ccc(Cl)cc21. The van der Waals surface area contributed by atoms with Crippen molar-refractivity contribution in [2.45, 2.75) is 26.4 Å². The molecule has 0 atom stereocenters. The molecule has 0 N–H and O–H groups in total. The van der Waals surface area contributed by atoms with Gasteiger partial charge in [0.25, 0.3) is 5.91 Å². The first kappa shape index (κ1) is 19.0. The van der Waals surface area contributed by atoms with Crippen molar-refractivity contribution in [1.29, 1.82) is 0 Å². The van der Waals surface area contributed by atoms with E-state index < -0.39 is 29.2 Å². The summed E-state index contributed by atoms with van der Waals surface area (Å²) < 4.78 is 32.8. The maximum Gasteiger partial charge on any atom is 0.422 e. The molecule has 0 unspecified atom stereocenters. The molecule has 0 saturated heterocycles. The van der Waals surface area contributed by atoms with Crippen molar-refractivity contribution in [2.24, 2.45) is 0 Å². The van der Waals surface area contributed by atoms with Crippen LogP contribution in [0.25, 0.3) is 11.6 Å². The summed E-state index contributed by atoms with van der Waals surface area (Å²) in [4.78, 5) is 26.3. The van der Waals surface area contributed by atoms with Gasteiger partial charge in [-0.05, 0) is 45.0 Å². The average Bonchev–Trinajstić information content (AvgIpc) is 2.81. The fourth-order valence-electron chi connectivity index (χ4n) is 2.68. The van der Waals surface area contributed by atoms with Crippen molar-refractivity contribution < 1.29 is 23.1 Å². The maximum atomic E-state index is 14.0. The van der Waals surface area contributed by atoms with E-state index in [4.69, 9.17) is 16.3 Å². The Morgan fingerprint density at radius 3 is 2.56 bits per heavy atom. The second kappa shape index (κ2) is 6.78. The van der Waals surface area contributed by atoms with E-state index in [1.807, 2.05) is 0 Å². The van der Waals surface area contributed by atoms with Crippen molar-refractivity contribution in [3.8, 4) is 0 Å². The maximum absolute atomic E-state index is 14.0. The zero-order valence-corrected chi connectivity index (χ0v) is 15.6. The molecule has 0 bridgehead atoms. The van der Waals surface area contributed by atoms with Crippen molar-refractivity contribution in [3.05, 3.63) is 64.2 Å². The Kier molecular flexibility index (Phi) is 4.78. The van der Waals surface area contributed by atoms with Gasteiger partial charge in [-0.25, -0.2) is 18.5 Å². The summed E-state index contributed by atoms with van der Waals surface area (Å²) in [6, 6.07) is 8.18. The molecule has 2 aromatic carbocycles. The first-order valence-electron chi connectivity index (χ1n) is 8.11. The number of anilines is 1. The molecule has 1 heterocycles. The Labute approximate surface area is 160 Å². The minimum Gasteiger partial charge on any atom is -0.443 e. The van der Waals surface area contributed by atoms with Gasteiger partial charge in [-0.1, -0.05) is 29.8 Å². The fourth-order valence-corrected chi connectivity index (χ4v) is 2.84. The van der Waals surface area contributed by atoms with E-state index in [0.29, 0.717) is 10.6 Å². The molecule has 2 aromatic rings. The summed E-state index contributed by atoms with van der Waals surface area (Å²) in [6.45, 7) is 5.01. The molecule has 0 spiro atoms. The average molecular weight is 392 g/mol. The first-order valence-corrected chi connectivity index (χ1v) is 8.49. The van der Waals surface area contributed by atoms with Crippen LogP contribution < -0.4 is 4.90 Å². The lowest BCUT2D eigenvalue weighted by Gasteiger charge is -2.23. The van der Waals surface area contributed by atoms with E-state index in [1.54, 1.807) is 32.9 Å². The summed E-state index contributed by atoms with van der Waals surface area (Å²) >= 11 is 6.01. The summed E-state index contributed by atoms with van der Waals surface area (Å²) in [6.07, 6.45) is 0.330. The number of ether oxygens (including phenoxy) is 1. The van der Waals surface area contributed by atoms with Crippen molar-refractivity contribution in [3.63, 3.8) is 0 Å². The predicted octanol–water partition coefficient (Wildman–Crippen LogP) is 5.44. The third kappa shape index (κ3) is 3.71. The van der Waals surface area contributed by atoms with E-state index in [1.165, 1.54) is 24.3 Å². The van der Waals surface area contributed by atoms with E-state index in [2.05, 4.69) is 0 Å². The van der Waals surface area contributed by atoms with Gasteiger partial charge in [0, 0.05) is 16.1 Å². The second-order valence-electron chi connectivity index (χ2n) is 6.98. The van der Waals surface area contributed by atoms with E-state index in [0.717, 1.165) is 11.0 Å². The number of carbonyl (C=O) groups is 2. The van der Waals surface area contributed by atoms with Crippen LogP contribution in [0.2, 0.25) is 5.02 Å². The van der Waals surface area contributed by atoms with Crippen LogP contribution in [0, 0.1) is 11.6 Å². The molecule has 0 radical (unpaired) electrons. The standard InChI is InChI=1S/C20H16ClF2NO3/c1-20(2,3)27-19(26)24-16-10-12(21)7-8-13(16)14(18(24)25)9-11-5-4-6-15(22)17(11)23/h4-10H,1-3H3. The number of rotatable bonds is 1. The van der Waals surface area contributed by atoms with Gasteiger partial charge in [-0.3, -0.25) is 4.79 Å². The van der Waals surface area contributed by atoms with Crippen molar-refractivity contribution in [2.75, 3.05) is 4.90 Å². The minimum atomic E-state index is -1.08. The molecule has 140 valence electrons. The lowest BCUT2D eigenvalue weighted by Crippen LogP contribution is -2.38. The lowest BCUT2D eigenvalue weighted by molar-refractivity contribution is -0.112. The highest BCUT2D eigenvalue weighted by Crippen LogP contribution is 2.40. The molecule has 1 aliphatic rings. The highest BCUT2D eigenvalue weighted by Gasteiger charge is 2.39. The smallest absolute Gasteiger partial charge is 0.422 e. The number of imide groups is 1. The van der Waals surface area contributed by atoms with Gasteiger partial charge in [0.15, 0.2) is 11.6 Å². The van der Waals surface area contributed by atoms with Crippen LogP contribution in [0.15, 0.2) is 36.4 Å². The number of nitrogens with zero attached hydrogens (tertiary/aromatic N) is 1. The summed E-state index contributed by atoms with van der Waals surface area (Å²) in [5, 5.41) is 0.313. The molecule has 3 rings (SSSR count). The van der Waals surface area contributed by atoms with Gasteiger partial charge < -0.3 is 4.74 Å². The van der Waals surface area contributed by atoms with Gasteiger partial charge >= 0.3 is 6.09 Å². The molecule has 27 heavy (non-hydrogen) atoms. The van der Waals surface area contributed by atoms with Gasteiger partial charge in [0.1, 0.15) is 5.60 Å². The first-order chi connectivity index (χ1) is 12.6. The monoisotopic (exact) mass is 391 g/mol. The van der Waals surface area contributed by atoms with Gasteiger partial charge in [-0.2, -0.15) is 0 Å². The van der Waals surface area contributed by atoms with Crippen LogP contribution in [-0.4, -0.2) is 17.6 Å². The molecule has 4 nitrogen and oxygen atoms in total. The Morgan fingerprint density at radius 1 is 1.19 bits per heavy atom. The van der Waals surface area contributed by atoms with Crippen LogP contribution >= 0.6 is 11.6 Å². The van der Waals surface area contributed by atoms with Gasteiger partial charge in [0.05, 0.1) is 11.3 Å². The Bertz CT molecular complexity index is 980. The molecule has 1 aliphatic heterocycles. The Balaban J connectivity index is 2.13. The fraction of sp³-hybridized carbons (Fsp3) is 0.200. The van der Waals surface area contributed by atoms with Crippen molar-refractivity contribution in [1.82, 2.24) is 0 Å². The van der Waals surface area contributed by atoms with E-state index in [9.17, 15) is 18.4 Å². The highest BCUT2D eigenvalue weighted by molar-refractivity contribution is 6.42. The number of halogens is 3. The molecule has 0 aromatic heterocycles. The molecule has 2 amide bonds. The quantitative estimate of drug-likeness (QED) is 0.608. The molecular formula is C20H16ClF2NO3. The zero-order chi connectivity index (χ0) is 19.9. The molecule has 0 aliphatic carbocycles. The molecule has 0 saturated carbocycles. The normalized spacial score (nSPS) is 15.3. The lowest BCUT2D eigenvalue weighted by atomic mass is 10.0. The third-order valence-electron chi connectivity index (χ3n) is 3.78. The number of amides is 2. The number of hydrogen-bond donors (Lipinski definition) is 0. The molecular weight excluding hydrogens is 376 g/mol. The van der Waals surface area contributed by atoms with Crippen LogP contribution in [0.4, 0.5) is 19.3 Å². The second-order valence-corrected chi connectivity index (χ2v) is 7.42. The van der Waals surface area contributed by atoms with E-state index in [-0.39, 0.29) is 16.8 Å². The van der Waals surface area contributed by atoms with Crippen molar-refractivity contribution >= 4 is 40.9 Å². The summed E-state index contributed by atoms with van der Waals surface area (Å²) in [7, 11) is 0. The summed E-state index contributed by atoms with van der Waals surface area (Å²) in [5.74, 6) is -2.82. The Hall–Kier alpha value is -2.73. The van der Waals surface area contributed by atoms with Crippen LogP contribution in [0.5, 0.6) is 0 Å². The summed E-state index contributed by atoms with van der Waals surface area (Å²) in [5.41, 5.74) is -0.289. The number of carbonyl (C=O) groups excluding carboxylic acids is 2. The third-order valence-corrected chi connectivity index (χ3v) is 4.02.